The van der Waals surface area contributed by atoms with E-state index in [1.54, 1.807) is 0 Å². The summed E-state index contributed by atoms with van der Waals surface area (Å²) in [6.07, 6.45) is 27.8. The van der Waals surface area contributed by atoms with Gasteiger partial charge in [0.25, 0.3) is 0 Å². The van der Waals surface area contributed by atoms with Crippen molar-refractivity contribution < 1.29 is 4.79 Å². The van der Waals surface area contributed by atoms with E-state index in [4.69, 9.17) is 5.73 Å². The first-order valence-electron chi connectivity index (χ1n) is 10.7. The number of hydrogen-bond acceptors (Lipinski definition) is 1. The fourth-order valence-corrected chi connectivity index (χ4v) is 3.08. The molecule has 0 radical (unpaired) electrons. The lowest BCUT2D eigenvalue weighted by Gasteiger charge is -2.01. The van der Waals surface area contributed by atoms with Gasteiger partial charge >= 0.3 is 0 Å². The fraction of sp³-hybridized carbons (Fsp3) is 0.864. The van der Waals surface area contributed by atoms with E-state index in [-0.39, 0.29) is 5.91 Å². The molecule has 0 spiro atoms. The average Bonchev–Trinajstić information content (AvgIpc) is 2.56. The summed E-state index contributed by atoms with van der Waals surface area (Å²) in [5, 5.41) is 0. The van der Waals surface area contributed by atoms with E-state index in [0.29, 0.717) is 6.42 Å². The molecule has 0 unspecified atom stereocenters. The van der Waals surface area contributed by atoms with Gasteiger partial charge in [-0.1, -0.05) is 96.1 Å². The van der Waals surface area contributed by atoms with Crippen molar-refractivity contribution >= 4 is 5.91 Å². The topological polar surface area (TPSA) is 43.1 Å². The van der Waals surface area contributed by atoms with Gasteiger partial charge in [0.1, 0.15) is 0 Å². The predicted octanol–water partition coefficient (Wildman–Crippen LogP) is 7.07. The molecule has 0 heterocycles. The van der Waals surface area contributed by atoms with Crippen LogP contribution in [0.4, 0.5) is 0 Å². The Morgan fingerprint density at radius 3 is 1.42 bits per heavy atom. The van der Waals surface area contributed by atoms with Gasteiger partial charge in [-0.05, 0) is 32.1 Å². The Hall–Kier alpha value is -0.790. The van der Waals surface area contributed by atoms with Gasteiger partial charge in [0.05, 0.1) is 0 Å². The summed E-state index contributed by atoms with van der Waals surface area (Å²) in [7, 11) is 0. The Morgan fingerprint density at radius 1 is 0.625 bits per heavy atom. The molecular formula is C22H43NO. The number of nitrogens with two attached hydrogens (primary N) is 1. The zero-order valence-corrected chi connectivity index (χ0v) is 16.4. The van der Waals surface area contributed by atoms with Crippen LogP contribution in [0.2, 0.25) is 0 Å². The van der Waals surface area contributed by atoms with Crippen molar-refractivity contribution in [2.24, 2.45) is 5.73 Å². The van der Waals surface area contributed by atoms with Crippen LogP contribution in [0.5, 0.6) is 0 Å². The second-order valence-corrected chi connectivity index (χ2v) is 7.21. The van der Waals surface area contributed by atoms with Crippen LogP contribution in [0.25, 0.3) is 0 Å². The van der Waals surface area contributed by atoms with Crippen LogP contribution in [0.1, 0.15) is 122 Å². The number of primary amides is 1. The van der Waals surface area contributed by atoms with E-state index >= 15 is 0 Å². The molecule has 0 aliphatic carbocycles. The first-order chi connectivity index (χ1) is 11.8. The van der Waals surface area contributed by atoms with Crippen molar-refractivity contribution in [3.8, 4) is 0 Å². The molecule has 0 atom stereocenters. The Balaban J connectivity index is 3.07. The number of allylic oxidation sites excluding steroid dienone is 2. The van der Waals surface area contributed by atoms with Gasteiger partial charge in [-0.2, -0.15) is 0 Å². The molecule has 2 heteroatoms. The molecule has 2 nitrogen and oxygen atoms in total. The fourth-order valence-electron chi connectivity index (χ4n) is 3.08. The number of hydrogen-bond donors (Lipinski definition) is 1. The molecule has 0 aromatic rings. The third-order valence-corrected chi connectivity index (χ3v) is 4.68. The molecule has 0 bridgehead atoms. The molecular weight excluding hydrogens is 294 g/mol. The number of unbranched alkanes of at least 4 members (excludes halogenated alkanes) is 15. The van der Waals surface area contributed by atoms with E-state index in [1.807, 2.05) is 0 Å². The van der Waals surface area contributed by atoms with E-state index < -0.39 is 0 Å². The molecule has 0 aliphatic rings. The van der Waals surface area contributed by atoms with Crippen LogP contribution in [0.15, 0.2) is 12.2 Å². The van der Waals surface area contributed by atoms with Gasteiger partial charge in [0, 0.05) is 6.42 Å². The minimum absolute atomic E-state index is 0.157. The quantitative estimate of drug-likeness (QED) is 0.199. The second-order valence-electron chi connectivity index (χ2n) is 7.21. The van der Waals surface area contributed by atoms with Crippen LogP contribution in [-0.4, -0.2) is 5.91 Å². The Labute approximate surface area is 151 Å². The van der Waals surface area contributed by atoms with Crippen molar-refractivity contribution in [2.45, 2.75) is 122 Å². The number of carbonyl (C=O) groups is 1. The largest absolute Gasteiger partial charge is 0.370 e. The molecule has 0 saturated heterocycles. The Kier molecular flexibility index (Phi) is 19.6. The van der Waals surface area contributed by atoms with E-state index in [0.717, 1.165) is 12.8 Å². The number of amides is 1. The lowest BCUT2D eigenvalue weighted by molar-refractivity contribution is -0.118. The summed E-state index contributed by atoms with van der Waals surface area (Å²) < 4.78 is 0. The van der Waals surface area contributed by atoms with Crippen LogP contribution < -0.4 is 5.73 Å². The molecule has 0 aromatic carbocycles. The summed E-state index contributed by atoms with van der Waals surface area (Å²) in [5.74, 6) is -0.157. The highest BCUT2D eigenvalue weighted by Gasteiger charge is 1.95. The highest BCUT2D eigenvalue weighted by Crippen LogP contribution is 2.11. The minimum Gasteiger partial charge on any atom is -0.370 e. The Bertz CT molecular complexity index is 286. The van der Waals surface area contributed by atoms with Crippen molar-refractivity contribution in [1.82, 2.24) is 0 Å². The van der Waals surface area contributed by atoms with Gasteiger partial charge in [-0.3, -0.25) is 4.79 Å². The lowest BCUT2D eigenvalue weighted by atomic mass is 10.1. The monoisotopic (exact) mass is 337 g/mol. The first-order valence-corrected chi connectivity index (χ1v) is 10.7. The van der Waals surface area contributed by atoms with Crippen LogP contribution in [0.3, 0.4) is 0 Å². The van der Waals surface area contributed by atoms with E-state index in [9.17, 15) is 4.79 Å². The molecule has 1 amide bonds. The zero-order chi connectivity index (χ0) is 17.7. The normalized spacial score (nSPS) is 11.4. The lowest BCUT2D eigenvalue weighted by Crippen LogP contribution is -2.09. The van der Waals surface area contributed by atoms with Gasteiger partial charge in [-0.25, -0.2) is 0 Å². The standard InChI is InChI=1S/C22H43NO/c1-2-3-4-5-6-7-8-9-10-11-12-13-14-15-16-17-18-19-20-21-22(23)24/h10-11H,2-9,12-21H2,1H3,(H2,23,24). The summed E-state index contributed by atoms with van der Waals surface area (Å²) in [6, 6.07) is 0. The van der Waals surface area contributed by atoms with Crippen molar-refractivity contribution in [1.29, 1.82) is 0 Å². The maximum Gasteiger partial charge on any atom is 0.217 e. The predicted molar refractivity (Wildman–Crippen MR) is 107 cm³/mol. The van der Waals surface area contributed by atoms with Crippen LogP contribution >= 0.6 is 0 Å². The summed E-state index contributed by atoms with van der Waals surface area (Å²) in [6.45, 7) is 2.28. The van der Waals surface area contributed by atoms with Crippen LogP contribution in [-0.2, 0) is 4.79 Å². The van der Waals surface area contributed by atoms with E-state index in [2.05, 4.69) is 19.1 Å². The molecule has 2 N–H and O–H groups in total. The number of carbonyl (C=O) groups excluding carboxylic acids is 1. The second kappa shape index (κ2) is 20.3. The van der Waals surface area contributed by atoms with Crippen molar-refractivity contribution in [3.63, 3.8) is 0 Å². The molecule has 142 valence electrons. The highest BCUT2D eigenvalue weighted by atomic mass is 16.1. The summed E-state index contributed by atoms with van der Waals surface area (Å²) in [5.41, 5.74) is 5.12. The highest BCUT2D eigenvalue weighted by molar-refractivity contribution is 5.73. The molecule has 0 fully saturated rings. The summed E-state index contributed by atoms with van der Waals surface area (Å²) in [4.78, 5) is 10.6. The first kappa shape index (κ1) is 23.2. The van der Waals surface area contributed by atoms with Gasteiger partial charge < -0.3 is 5.73 Å². The smallest absolute Gasteiger partial charge is 0.217 e. The van der Waals surface area contributed by atoms with E-state index in [1.165, 1.54) is 96.3 Å². The summed E-state index contributed by atoms with van der Waals surface area (Å²) >= 11 is 0. The third-order valence-electron chi connectivity index (χ3n) is 4.68. The average molecular weight is 338 g/mol. The van der Waals surface area contributed by atoms with Crippen molar-refractivity contribution in [3.05, 3.63) is 12.2 Å². The van der Waals surface area contributed by atoms with Gasteiger partial charge in [0.2, 0.25) is 5.91 Å². The van der Waals surface area contributed by atoms with Crippen LogP contribution in [0, 0.1) is 0 Å². The van der Waals surface area contributed by atoms with Gasteiger partial charge in [-0.15, -0.1) is 0 Å². The molecule has 0 aliphatic heterocycles. The molecule has 0 rings (SSSR count). The molecule has 0 saturated carbocycles. The molecule has 0 aromatic heterocycles. The Morgan fingerprint density at radius 2 is 1.00 bits per heavy atom. The third kappa shape index (κ3) is 21.2. The zero-order valence-electron chi connectivity index (χ0n) is 16.4. The number of rotatable bonds is 19. The SMILES string of the molecule is CCCCCCCCCC=CCCCCCCCCCCC(N)=O. The maximum atomic E-state index is 10.6. The maximum absolute atomic E-state index is 10.6. The van der Waals surface area contributed by atoms with Crippen molar-refractivity contribution in [2.75, 3.05) is 0 Å². The molecule has 24 heavy (non-hydrogen) atoms. The van der Waals surface area contributed by atoms with Gasteiger partial charge in [0.15, 0.2) is 0 Å². The minimum atomic E-state index is -0.157.